The number of nitro benzene ring substituents is 1. The Balaban J connectivity index is 1.87. The van der Waals surface area contributed by atoms with Crippen LogP contribution in [0.15, 0.2) is 71.6 Å². The second-order valence-corrected chi connectivity index (χ2v) is 7.87. The fourth-order valence-corrected chi connectivity index (χ4v) is 4.03. The number of sulfonamides is 1. The predicted octanol–water partition coefficient (Wildman–Crippen LogP) is 2.72. The van der Waals surface area contributed by atoms with Crippen LogP contribution in [0.25, 0.3) is 10.8 Å². The summed E-state index contributed by atoms with van der Waals surface area (Å²) in [5, 5.41) is 21.9. The number of hydrogen-bond acceptors (Lipinski definition) is 5. The monoisotopic (exact) mass is 400 g/mol. The summed E-state index contributed by atoms with van der Waals surface area (Å²) < 4.78 is 27.5. The first-order chi connectivity index (χ1) is 13.3. The van der Waals surface area contributed by atoms with Gasteiger partial charge < -0.3 is 5.11 Å². The largest absolute Gasteiger partial charge is 0.480 e. The van der Waals surface area contributed by atoms with Crippen LogP contribution in [-0.4, -0.2) is 30.5 Å². The average molecular weight is 400 g/mol. The molecule has 28 heavy (non-hydrogen) atoms. The van der Waals surface area contributed by atoms with Crippen molar-refractivity contribution in [3.63, 3.8) is 0 Å². The number of fused-ring (bicyclic) bond motifs is 1. The lowest BCUT2D eigenvalue weighted by Gasteiger charge is -2.15. The molecule has 3 aromatic carbocycles. The fourth-order valence-electron chi connectivity index (χ4n) is 2.80. The molecule has 3 rings (SSSR count). The molecular weight excluding hydrogens is 384 g/mol. The van der Waals surface area contributed by atoms with Gasteiger partial charge in [-0.25, -0.2) is 8.42 Å². The second kappa shape index (κ2) is 7.75. The van der Waals surface area contributed by atoms with Crippen LogP contribution >= 0.6 is 0 Å². The summed E-state index contributed by atoms with van der Waals surface area (Å²) in [5.74, 6) is -1.38. The van der Waals surface area contributed by atoms with Crippen LogP contribution in [0.3, 0.4) is 0 Å². The maximum Gasteiger partial charge on any atom is 0.322 e. The fraction of sp³-hybridized carbons (Fsp3) is 0.105. The lowest BCUT2D eigenvalue weighted by Crippen LogP contribution is -2.42. The van der Waals surface area contributed by atoms with Crippen LogP contribution in [0.5, 0.6) is 0 Å². The first-order valence-electron chi connectivity index (χ1n) is 8.23. The van der Waals surface area contributed by atoms with Crippen molar-refractivity contribution < 1.29 is 23.2 Å². The van der Waals surface area contributed by atoms with Gasteiger partial charge in [0.15, 0.2) is 0 Å². The number of nitrogens with one attached hydrogen (secondary N) is 1. The van der Waals surface area contributed by atoms with E-state index in [0.29, 0.717) is 10.9 Å². The Morgan fingerprint density at radius 1 is 1.04 bits per heavy atom. The van der Waals surface area contributed by atoms with Gasteiger partial charge in [-0.2, -0.15) is 4.72 Å². The van der Waals surface area contributed by atoms with Crippen molar-refractivity contribution in [3.05, 3.63) is 82.4 Å². The van der Waals surface area contributed by atoms with Gasteiger partial charge in [-0.1, -0.05) is 42.5 Å². The third-order valence-electron chi connectivity index (χ3n) is 4.19. The number of hydrogen-bond donors (Lipinski definition) is 2. The van der Waals surface area contributed by atoms with Crippen LogP contribution < -0.4 is 4.72 Å². The van der Waals surface area contributed by atoms with E-state index in [1.54, 1.807) is 18.2 Å². The molecule has 0 aromatic heterocycles. The summed E-state index contributed by atoms with van der Waals surface area (Å²) in [5.41, 5.74) is 0.141. The van der Waals surface area contributed by atoms with Crippen molar-refractivity contribution in [3.8, 4) is 0 Å². The number of nitrogens with zero attached hydrogens (tertiary/aromatic N) is 1. The van der Waals surface area contributed by atoms with Crippen molar-refractivity contribution >= 4 is 32.5 Å². The molecule has 3 aromatic rings. The molecule has 0 spiro atoms. The summed E-state index contributed by atoms with van der Waals surface area (Å²) in [7, 11) is -4.11. The number of carboxylic acid groups (broad SMARTS) is 1. The molecule has 144 valence electrons. The van der Waals surface area contributed by atoms with Gasteiger partial charge in [-0.15, -0.1) is 0 Å². The van der Waals surface area contributed by atoms with Crippen LogP contribution in [0.4, 0.5) is 5.69 Å². The minimum atomic E-state index is -4.11. The smallest absolute Gasteiger partial charge is 0.322 e. The standard InChI is InChI=1S/C19H16N2O6S/c22-19(23)18(11-13-4-3-7-16(10-13)21(24)25)20-28(26,27)17-9-8-14-5-1-2-6-15(14)12-17/h1-10,12,18,20H,11H2,(H,22,23). The molecule has 1 atom stereocenters. The highest BCUT2D eigenvalue weighted by atomic mass is 32.2. The van der Waals surface area contributed by atoms with E-state index in [1.807, 2.05) is 12.1 Å². The highest BCUT2D eigenvalue weighted by Crippen LogP contribution is 2.20. The van der Waals surface area contributed by atoms with E-state index < -0.39 is 27.0 Å². The molecular formula is C19H16N2O6S. The number of aliphatic carboxylic acids is 1. The average Bonchev–Trinajstić information content (AvgIpc) is 2.67. The molecule has 2 N–H and O–H groups in total. The molecule has 0 heterocycles. The molecule has 0 saturated heterocycles. The van der Waals surface area contributed by atoms with Crippen LogP contribution in [0.2, 0.25) is 0 Å². The number of rotatable bonds is 7. The molecule has 0 aliphatic carbocycles. The third kappa shape index (κ3) is 4.33. The van der Waals surface area contributed by atoms with Gasteiger partial charge >= 0.3 is 5.97 Å². The first kappa shape index (κ1) is 19.5. The first-order valence-corrected chi connectivity index (χ1v) is 9.72. The Labute approximate surface area is 160 Å². The van der Waals surface area contributed by atoms with Gasteiger partial charge in [0.25, 0.3) is 5.69 Å². The Kier molecular flexibility index (Phi) is 5.39. The zero-order valence-electron chi connectivity index (χ0n) is 14.5. The summed E-state index contributed by atoms with van der Waals surface area (Å²) in [6.45, 7) is 0. The lowest BCUT2D eigenvalue weighted by atomic mass is 10.1. The summed E-state index contributed by atoms with van der Waals surface area (Å²) in [4.78, 5) is 21.8. The Morgan fingerprint density at radius 2 is 1.75 bits per heavy atom. The molecule has 0 amide bonds. The lowest BCUT2D eigenvalue weighted by molar-refractivity contribution is -0.384. The number of benzene rings is 3. The van der Waals surface area contributed by atoms with Gasteiger partial charge in [0, 0.05) is 12.1 Å². The molecule has 0 fully saturated rings. The molecule has 1 unspecified atom stereocenters. The zero-order valence-corrected chi connectivity index (χ0v) is 15.3. The van der Waals surface area contributed by atoms with E-state index in [4.69, 9.17) is 0 Å². The predicted molar refractivity (Wildman–Crippen MR) is 102 cm³/mol. The summed E-state index contributed by atoms with van der Waals surface area (Å²) >= 11 is 0. The Bertz CT molecular complexity index is 1160. The number of nitro groups is 1. The minimum Gasteiger partial charge on any atom is -0.480 e. The van der Waals surface area contributed by atoms with Gasteiger partial charge in [-0.05, 0) is 34.9 Å². The van der Waals surface area contributed by atoms with E-state index in [2.05, 4.69) is 4.72 Å². The van der Waals surface area contributed by atoms with E-state index in [-0.39, 0.29) is 17.0 Å². The molecule has 0 bridgehead atoms. The normalized spacial score (nSPS) is 12.6. The van der Waals surface area contributed by atoms with Crippen molar-refractivity contribution in [2.75, 3.05) is 0 Å². The highest BCUT2D eigenvalue weighted by molar-refractivity contribution is 7.89. The van der Waals surface area contributed by atoms with Gasteiger partial charge in [0.05, 0.1) is 9.82 Å². The van der Waals surface area contributed by atoms with Crippen molar-refractivity contribution in [1.82, 2.24) is 4.72 Å². The Morgan fingerprint density at radius 3 is 2.43 bits per heavy atom. The Hall–Kier alpha value is -3.30. The molecule has 0 radical (unpaired) electrons. The third-order valence-corrected chi connectivity index (χ3v) is 5.66. The maximum atomic E-state index is 12.7. The zero-order chi connectivity index (χ0) is 20.3. The number of carbonyl (C=O) groups is 1. The molecule has 0 aliphatic heterocycles. The van der Waals surface area contributed by atoms with E-state index in [9.17, 15) is 28.4 Å². The van der Waals surface area contributed by atoms with Crippen molar-refractivity contribution in [2.45, 2.75) is 17.4 Å². The molecule has 9 heteroatoms. The van der Waals surface area contributed by atoms with E-state index >= 15 is 0 Å². The highest BCUT2D eigenvalue weighted by Gasteiger charge is 2.26. The summed E-state index contributed by atoms with van der Waals surface area (Å²) in [6, 6.07) is 15.6. The van der Waals surface area contributed by atoms with Crippen molar-refractivity contribution in [2.24, 2.45) is 0 Å². The van der Waals surface area contributed by atoms with Gasteiger partial charge in [-0.3, -0.25) is 14.9 Å². The molecule has 0 saturated carbocycles. The maximum absolute atomic E-state index is 12.7. The SMILES string of the molecule is O=C(O)C(Cc1cccc([N+](=O)[O-])c1)NS(=O)(=O)c1ccc2ccccc2c1. The molecule has 8 nitrogen and oxygen atoms in total. The topological polar surface area (TPSA) is 127 Å². The second-order valence-electron chi connectivity index (χ2n) is 6.15. The quantitative estimate of drug-likeness (QED) is 0.464. The number of carboxylic acids is 1. The van der Waals surface area contributed by atoms with Gasteiger partial charge in [0.2, 0.25) is 10.0 Å². The molecule has 0 aliphatic rings. The van der Waals surface area contributed by atoms with Crippen LogP contribution in [0, 0.1) is 10.1 Å². The van der Waals surface area contributed by atoms with E-state index in [0.717, 1.165) is 5.39 Å². The van der Waals surface area contributed by atoms with Crippen LogP contribution in [-0.2, 0) is 21.2 Å². The van der Waals surface area contributed by atoms with E-state index in [1.165, 1.54) is 36.4 Å². The minimum absolute atomic E-state index is 0.0588. The van der Waals surface area contributed by atoms with Crippen molar-refractivity contribution in [1.29, 1.82) is 0 Å². The summed E-state index contributed by atoms with van der Waals surface area (Å²) in [6.07, 6.45) is -0.232. The number of non-ortho nitro benzene ring substituents is 1. The van der Waals surface area contributed by atoms with Gasteiger partial charge in [0.1, 0.15) is 6.04 Å². The van der Waals surface area contributed by atoms with Crippen LogP contribution in [0.1, 0.15) is 5.56 Å².